The molecule has 1 amide bonds. The number of likely N-dealkylation sites (tertiary alicyclic amines) is 1. The van der Waals surface area contributed by atoms with E-state index in [1.807, 2.05) is 6.92 Å². The first-order valence-corrected chi connectivity index (χ1v) is 8.05. The van der Waals surface area contributed by atoms with Crippen LogP contribution in [0.2, 0.25) is 0 Å². The first-order valence-electron chi connectivity index (χ1n) is 7.00. The van der Waals surface area contributed by atoms with E-state index in [1.165, 1.54) is 16.7 Å². The molecule has 0 aromatic rings. The number of hydrogen-bond acceptors (Lipinski definition) is 5. The number of aliphatic hydroxyl groups is 1. The largest absolute Gasteiger partial charge is 0.396 e. The number of thioether (sulfide) groups is 1. The maximum Gasteiger partial charge on any atom is 0.236 e. The average molecular weight is 303 g/mol. The summed E-state index contributed by atoms with van der Waals surface area (Å²) in [5.41, 5.74) is 0. The maximum absolute atomic E-state index is 11.8. The fourth-order valence-electron chi connectivity index (χ4n) is 1.71. The van der Waals surface area contributed by atoms with Crippen molar-refractivity contribution in [3.8, 4) is 0 Å². The number of unbranched alkanes of at least 4 members (excludes halogenated alkanes) is 1. The zero-order valence-electron chi connectivity index (χ0n) is 12.6. The molecule has 1 fully saturated rings. The van der Waals surface area contributed by atoms with Crippen molar-refractivity contribution in [1.29, 1.82) is 0 Å². The van der Waals surface area contributed by atoms with Crippen LogP contribution in [0, 0.1) is 0 Å². The van der Waals surface area contributed by atoms with Gasteiger partial charge in [0.2, 0.25) is 5.91 Å². The van der Waals surface area contributed by atoms with E-state index in [-0.39, 0.29) is 42.2 Å². The number of aliphatic hydroxyl groups excluding tert-OH is 1. The molecule has 0 radical (unpaired) electrons. The van der Waals surface area contributed by atoms with Crippen LogP contribution >= 0.6 is 11.8 Å². The van der Waals surface area contributed by atoms with Gasteiger partial charge in [-0.05, 0) is 19.1 Å². The van der Waals surface area contributed by atoms with E-state index in [9.17, 15) is 14.4 Å². The lowest BCUT2D eigenvalue weighted by atomic mass is 10.1. The second-order valence-electron chi connectivity index (χ2n) is 4.62. The van der Waals surface area contributed by atoms with Gasteiger partial charge in [-0.3, -0.25) is 14.4 Å². The summed E-state index contributed by atoms with van der Waals surface area (Å²) < 4.78 is 0. The standard InChI is InChI=1S/C10H15NO3S.C4H10O/c1-3-15-7(2)10(14)11-5-8(12)4-9(13)6-11;1-2-3-4-5/h7H,3-6H2,1-2H3;5H,2-4H2,1H3. The van der Waals surface area contributed by atoms with E-state index in [1.54, 1.807) is 6.92 Å². The third kappa shape index (κ3) is 7.65. The fraction of sp³-hybridized carbons (Fsp3) is 0.786. The third-order valence-electron chi connectivity index (χ3n) is 2.72. The lowest BCUT2D eigenvalue weighted by Gasteiger charge is -2.27. The van der Waals surface area contributed by atoms with Crippen molar-refractivity contribution < 1.29 is 19.5 Å². The minimum absolute atomic E-state index is 0.0148. The van der Waals surface area contributed by atoms with Crippen LogP contribution in [-0.2, 0) is 14.4 Å². The zero-order chi connectivity index (χ0) is 15.5. The molecule has 5 nitrogen and oxygen atoms in total. The Balaban J connectivity index is 0.000000621. The lowest BCUT2D eigenvalue weighted by Crippen LogP contribution is -2.47. The molecule has 1 saturated heterocycles. The highest BCUT2D eigenvalue weighted by Gasteiger charge is 2.29. The Bertz CT molecular complexity index is 315. The van der Waals surface area contributed by atoms with Gasteiger partial charge < -0.3 is 10.0 Å². The number of amides is 1. The van der Waals surface area contributed by atoms with Crippen LogP contribution in [0.15, 0.2) is 0 Å². The molecule has 1 N–H and O–H groups in total. The Hall–Kier alpha value is -0.880. The van der Waals surface area contributed by atoms with Crippen molar-refractivity contribution in [1.82, 2.24) is 4.90 Å². The topological polar surface area (TPSA) is 74.7 Å². The predicted octanol–water partition coefficient (Wildman–Crippen LogP) is 1.28. The molecule has 0 aromatic heterocycles. The second-order valence-corrected chi connectivity index (χ2v) is 6.24. The molecule has 1 atom stereocenters. The van der Waals surface area contributed by atoms with E-state index in [0.717, 1.165) is 18.6 Å². The van der Waals surface area contributed by atoms with E-state index in [2.05, 4.69) is 6.92 Å². The SMILES string of the molecule is CCCCO.CCSC(C)C(=O)N1CC(=O)CC(=O)C1. The molecule has 1 aliphatic heterocycles. The van der Waals surface area contributed by atoms with Gasteiger partial charge in [-0.1, -0.05) is 20.3 Å². The van der Waals surface area contributed by atoms with Crippen LogP contribution in [0.3, 0.4) is 0 Å². The number of ketones is 2. The van der Waals surface area contributed by atoms with Gasteiger partial charge in [0.1, 0.15) is 0 Å². The molecule has 1 heterocycles. The van der Waals surface area contributed by atoms with Crippen LogP contribution in [0.4, 0.5) is 0 Å². The summed E-state index contributed by atoms with van der Waals surface area (Å²) in [6.07, 6.45) is 2.02. The number of rotatable bonds is 5. The molecule has 0 saturated carbocycles. The number of hydrogen-bond donors (Lipinski definition) is 1. The fourth-order valence-corrected chi connectivity index (χ4v) is 2.50. The van der Waals surface area contributed by atoms with Crippen molar-refractivity contribution >= 4 is 29.2 Å². The molecule has 20 heavy (non-hydrogen) atoms. The van der Waals surface area contributed by atoms with Gasteiger partial charge in [0.25, 0.3) is 0 Å². The van der Waals surface area contributed by atoms with Gasteiger partial charge in [0.05, 0.1) is 24.8 Å². The summed E-state index contributed by atoms with van der Waals surface area (Å²) in [5, 5.41) is 7.89. The van der Waals surface area contributed by atoms with Crippen LogP contribution in [0.5, 0.6) is 0 Å². The van der Waals surface area contributed by atoms with E-state index in [4.69, 9.17) is 5.11 Å². The van der Waals surface area contributed by atoms with Crippen molar-refractivity contribution in [3.63, 3.8) is 0 Å². The number of nitrogens with zero attached hydrogens (tertiary/aromatic N) is 1. The van der Waals surface area contributed by atoms with Crippen LogP contribution in [0.25, 0.3) is 0 Å². The highest BCUT2D eigenvalue weighted by Crippen LogP contribution is 2.14. The van der Waals surface area contributed by atoms with Crippen LogP contribution in [0.1, 0.15) is 40.0 Å². The molecule has 0 bridgehead atoms. The van der Waals surface area contributed by atoms with Crippen molar-refractivity contribution in [3.05, 3.63) is 0 Å². The highest BCUT2D eigenvalue weighted by atomic mass is 32.2. The smallest absolute Gasteiger partial charge is 0.236 e. The van der Waals surface area contributed by atoms with Gasteiger partial charge in [-0.25, -0.2) is 0 Å². The van der Waals surface area contributed by atoms with Gasteiger partial charge in [-0.15, -0.1) is 11.8 Å². The summed E-state index contributed by atoms with van der Waals surface area (Å²) in [6, 6.07) is 0. The maximum atomic E-state index is 11.8. The predicted molar refractivity (Wildman–Crippen MR) is 80.8 cm³/mol. The number of Topliss-reactive ketones (excluding diaryl/α,β-unsaturated/α-hetero) is 2. The minimum Gasteiger partial charge on any atom is -0.396 e. The van der Waals surface area contributed by atoms with Crippen molar-refractivity contribution in [2.75, 3.05) is 25.4 Å². The van der Waals surface area contributed by atoms with E-state index >= 15 is 0 Å². The van der Waals surface area contributed by atoms with Crippen LogP contribution < -0.4 is 0 Å². The summed E-state index contributed by atoms with van der Waals surface area (Å²) in [6.45, 7) is 6.37. The monoisotopic (exact) mass is 303 g/mol. The van der Waals surface area contributed by atoms with E-state index < -0.39 is 0 Å². The number of piperidine rings is 1. The summed E-state index contributed by atoms with van der Waals surface area (Å²) in [7, 11) is 0. The zero-order valence-corrected chi connectivity index (χ0v) is 13.4. The molecule has 0 aromatic carbocycles. The van der Waals surface area contributed by atoms with Gasteiger partial charge in [0.15, 0.2) is 11.6 Å². The Kier molecular flexibility index (Phi) is 10.4. The molecule has 0 spiro atoms. The molecule has 1 unspecified atom stereocenters. The average Bonchev–Trinajstić information content (AvgIpc) is 2.38. The quantitative estimate of drug-likeness (QED) is 0.774. The first kappa shape index (κ1) is 19.1. The minimum atomic E-state index is -0.173. The van der Waals surface area contributed by atoms with E-state index in [0.29, 0.717) is 6.61 Å². The normalized spacial score (nSPS) is 16.5. The number of carbonyl (C=O) groups excluding carboxylic acids is 3. The van der Waals surface area contributed by atoms with Gasteiger partial charge in [-0.2, -0.15) is 0 Å². The molecule has 6 heteroatoms. The lowest BCUT2D eigenvalue weighted by molar-refractivity contribution is -0.142. The van der Waals surface area contributed by atoms with Gasteiger partial charge in [0, 0.05) is 6.61 Å². The molecular weight excluding hydrogens is 278 g/mol. The third-order valence-corrected chi connectivity index (χ3v) is 3.75. The summed E-state index contributed by atoms with van der Waals surface area (Å²) in [5.74, 6) is 0.424. The molecular formula is C14H25NO4S. The Labute approximate surface area is 125 Å². The number of carbonyl (C=O) groups is 3. The summed E-state index contributed by atoms with van der Waals surface area (Å²) >= 11 is 1.52. The second kappa shape index (κ2) is 10.9. The molecule has 1 aliphatic rings. The Morgan fingerprint density at radius 3 is 2.20 bits per heavy atom. The molecule has 1 rings (SSSR count). The molecule has 116 valence electrons. The van der Waals surface area contributed by atoms with Gasteiger partial charge >= 0.3 is 0 Å². The van der Waals surface area contributed by atoms with Crippen molar-refractivity contribution in [2.45, 2.75) is 45.3 Å². The highest BCUT2D eigenvalue weighted by molar-refractivity contribution is 8.00. The van der Waals surface area contributed by atoms with Crippen LogP contribution in [-0.4, -0.2) is 58.2 Å². The first-order chi connectivity index (χ1) is 9.46. The Morgan fingerprint density at radius 2 is 1.85 bits per heavy atom. The van der Waals surface area contributed by atoms with Crippen molar-refractivity contribution in [2.24, 2.45) is 0 Å². The summed E-state index contributed by atoms with van der Waals surface area (Å²) in [4.78, 5) is 35.4. The Morgan fingerprint density at radius 1 is 1.30 bits per heavy atom. The molecule has 0 aliphatic carbocycles.